The molecule has 1 amide bonds. The van der Waals surface area contributed by atoms with Crippen LogP contribution < -0.4 is 0 Å². The third-order valence-corrected chi connectivity index (χ3v) is 7.81. The molecule has 30 heavy (non-hydrogen) atoms. The van der Waals surface area contributed by atoms with Crippen molar-refractivity contribution in [3.05, 3.63) is 30.3 Å². The summed E-state index contributed by atoms with van der Waals surface area (Å²) in [7, 11) is 0. The molecule has 5 nitrogen and oxygen atoms in total. The van der Waals surface area contributed by atoms with E-state index in [2.05, 4.69) is 20.8 Å². The van der Waals surface area contributed by atoms with Crippen LogP contribution in [0, 0.1) is 17.8 Å². The molecule has 1 heterocycles. The van der Waals surface area contributed by atoms with Gasteiger partial charge in [-0.1, -0.05) is 50.7 Å². The molecule has 1 aliphatic heterocycles. The van der Waals surface area contributed by atoms with E-state index in [1.165, 1.54) is 11.8 Å². The van der Waals surface area contributed by atoms with E-state index in [4.69, 9.17) is 5.11 Å². The molecule has 168 valence electrons. The molecule has 0 aliphatic carbocycles. The van der Waals surface area contributed by atoms with Crippen LogP contribution in [0.4, 0.5) is 4.79 Å². The summed E-state index contributed by atoms with van der Waals surface area (Å²) in [4.78, 5) is 26.5. The minimum absolute atomic E-state index is 0.153. The van der Waals surface area contributed by atoms with Crippen molar-refractivity contribution < 1.29 is 19.8 Å². The Morgan fingerprint density at radius 2 is 1.90 bits per heavy atom. The minimum atomic E-state index is -0.832. The standard InChI is InChI=1S/C23H35NO4S2/c1-16(12-13-29-23(27)28)18(3)15-24-20(10-7-11-21(24)25)17(2)14-22(26)30-19-8-5-4-6-9-19/h4-6,8-9,16-18,20,22,26H,7,10-15H2,1-3H3,(H,27,28)/t16-,17-,18+,20+,22?/m0/s1. The maximum Gasteiger partial charge on any atom is 0.364 e. The number of aliphatic hydroxyl groups excluding tert-OH is 1. The minimum Gasteiger partial charge on any atom is -0.473 e. The van der Waals surface area contributed by atoms with Gasteiger partial charge < -0.3 is 15.1 Å². The predicted octanol–water partition coefficient (Wildman–Crippen LogP) is 5.58. The Labute approximate surface area is 189 Å². The zero-order valence-corrected chi connectivity index (χ0v) is 19.8. The first-order chi connectivity index (χ1) is 14.3. The second-order valence-electron chi connectivity index (χ2n) is 8.46. The highest BCUT2D eigenvalue weighted by Gasteiger charge is 2.34. The lowest BCUT2D eigenvalue weighted by Gasteiger charge is -2.42. The summed E-state index contributed by atoms with van der Waals surface area (Å²) in [6, 6.07) is 10.1. The molecule has 0 saturated carbocycles. The quantitative estimate of drug-likeness (QED) is 0.336. The Hall–Kier alpha value is -1.18. The molecule has 2 rings (SSSR count). The van der Waals surface area contributed by atoms with Crippen LogP contribution in [0.3, 0.4) is 0 Å². The van der Waals surface area contributed by atoms with Gasteiger partial charge in [0.1, 0.15) is 5.44 Å². The van der Waals surface area contributed by atoms with E-state index in [0.29, 0.717) is 37.0 Å². The zero-order valence-electron chi connectivity index (χ0n) is 18.2. The fourth-order valence-electron chi connectivity index (χ4n) is 4.06. The van der Waals surface area contributed by atoms with Gasteiger partial charge in [0.15, 0.2) is 0 Å². The van der Waals surface area contributed by atoms with Crippen LogP contribution in [0.2, 0.25) is 0 Å². The average Bonchev–Trinajstić information content (AvgIpc) is 2.69. The molecule has 1 unspecified atom stereocenters. The van der Waals surface area contributed by atoms with Gasteiger partial charge in [-0.25, -0.2) is 4.79 Å². The molecule has 1 saturated heterocycles. The number of benzene rings is 1. The molecule has 0 radical (unpaired) electrons. The molecule has 7 heteroatoms. The van der Waals surface area contributed by atoms with Gasteiger partial charge in [-0.05, 0) is 67.3 Å². The maximum atomic E-state index is 12.7. The summed E-state index contributed by atoms with van der Waals surface area (Å²) in [5.41, 5.74) is -0.495. The van der Waals surface area contributed by atoms with Gasteiger partial charge in [0, 0.05) is 29.7 Å². The van der Waals surface area contributed by atoms with E-state index in [1.54, 1.807) is 0 Å². The number of likely N-dealkylation sites (tertiary alicyclic amines) is 1. The highest BCUT2D eigenvalue weighted by molar-refractivity contribution is 8.13. The molecular weight excluding hydrogens is 418 g/mol. The second kappa shape index (κ2) is 12.6. The SMILES string of the molecule is C[C@H](CN1C(=O)CCC[C@@H]1[C@@H](C)CC(O)Sc1ccccc1)[C@@H](C)CCSC(=O)O. The number of aliphatic hydroxyl groups is 1. The van der Waals surface area contributed by atoms with Gasteiger partial charge in [0.05, 0.1) is 0 Å². The van der Waals surface area contributed by atoms with Crippen LogP contribution in [0.15, 0.2) is 35.2 Å². The highest BCUT2D eigenvalue weighted by atomic mass is 32.2. The topological polar surface area (TPSA) is 77.8 Å². The number of rotatable bonds is 11. The molecule has 1 fully saturated rings. The molecule has 0 spiro atoms. The number of hydrogen-bond donors (Lipinski definition) is 2. The van der Waals surface area contributed by atoms with Crippen molar-refractivity contribution in [2.24, 2.45) is 17.8 Å². The normalized spacial score (nSPS) is 21.1. The molecule has 2 N–H and O–H groups in total. The van der Waals surface area contributed by atoms with Crippen molar-refractivity contribution in [1.29, 1.82) is 0 Å². The van der Waals surface area contributed by atoms with E-state index in [-0.39, 0.29) is 17.9 Å². The fraction of sp³-hybridized carbons (Fsp3) is 0.652. The molecule has 1 aliphatic rings. The van der Waals surface area contributed by atoms with Crippen molar-refractivity contribution in [2.75, 3.05) is 12.3 Å². The van der Waals surface area contributed by atoms with E-state index < -0.39 is 10.7 Å². The Kier molecular flexibility index (Phi) is 10.6. The van der Waals surface area contributed by atoms with Crippen LogP contribution >= 0.6 is 23.5 Å². The molecular formula is C23H35NO4S2. The summed E-state index contributed by atoms with van der Waals surface area (Å²) in [5.74, 6) is 1.67. The van der Waals surface area contributed by atoms with Gasteiger partial charge in [0.25, 0.3) is 0 Å². The van der Waals surface area contributed by atoms with Crippen molar-refractivity contribution in [2.45, 2.75) is 69.2 Å². The van der Waals surface area contributed by atoms with E-state index in [1.807, 2.05) is 35.2 Å². The van der Waals surface area contributed by atoms with Gasteiger partial charge in [0.2, 0.25) is 5.91 Å². The number of carboxylic acid groups (broad SMARTS) is 1. The number of piperidine rings is 1. The summed E-state index contributed by atoms with van der Waals surface area (Å²) in [6.07, 6.45) is 3.96. The van der Waals surface area contributed by atoms with Crippen LogP contribution in [0.1, 0.15) is 52.9 Å². The highest BCUT2D eigenvalue weighted by Crippen LogP contribution is 2.32. The van der Waals surface area contributed by atoms with Crippen LogP contribution in [0.25, 0.3) is 0 Å². The zero-order chi connectivity index (χ0) is 22.1. The molecule has 1 aromatic carbocycles. The molecule has 0 aromatic heterocycles. The molecule has 5 atom stereocenters. The molecule has 0 bridgehead atoms. The Balaban J connectivity index is 1.92. The Bertz CT molecular complexity index is 672. The first kappa shape index (κ1) is 25.1. The Morgan fingerprint density at radius 3 is 2.57 bits per heavy atom. The number of carbonyl (C=O) groups excluding carboxylic acids is 1. The largest absolute Gasteiger partial charge is 0.473 e. The number of carbonyl (C=O) groups is 2. The van der Waals surface area contributed by atoms with Crippen LogP contribution in [-0.4, -0.2) is 50.1 Å². The number of amides is 1. The summed E-state index contributed by atoms with van der Waals surface area (Å²) >= 11 is 2.41. The number of thioether (sulfide) groups is 2. The predicted molar refractivity (Wildman–Crippen MR) is 125 cm³/mol. The number of hydrogen-bond acceptors (Lipinski definition) is 5. The van der Waals surface area contributed by atoms with Crippen molar-refractivity contribution in [1.82, 2.24) is 4.90 Å². The number of nitrogens with zero attached hydrogens (tertiary/aromatic N) is 1. The van der Waals surface area contributed by atoms with E-state index >= 15 is 0 Å². The van der Waals surface area contributed by atoms with Crippen molar-refractivity contribution in [3.63, 3.8) is 0 Å². The third kappa shape index (κ3) is 8.16. The van der Waals surface area contributed by atoms with Crippen LogP contribution in [0.5, 0.6) is 0 Å². The van der Waals surface area contributed by atoms with Gasteiger partial charge in [-0.2, -0.15) is 0 Å². The second-order valence-corrected chi connectivity index (χ2v) is 10.8. The summed E-state index contributed by atoms with van der Waals surface area (Å²) < 4.78 is 0. The lowest BCUT2D eigenvalue weighted by Crippen LogP contribution is -2.49. The average molecular weight is 454 g/mol. The van der Waals surface area contributed by atoms with Crippen molar-refractivity contribution in [3.8, 4) is 0 Å². The Morgan fingerprint density at radius 1 is 1.20 bits per heavy atom. The lowest BCUT2D eigenvalue weighted by atomic mass is 9.86. The fourth-order valence-corrected chi connectivity index (χ4v) is 5.75. The first-order valence-corrected chi connectivity index (χ1v) is 12.7. The monoisotopic (exact) mass is 453 g/mol. The third-order valence-electron chi connectivity index (χ3n) is 6.11. The van der Waals surface area contributed by atoms with E-state index in [9.17, 15) is 14.7 Å². The van der Waals surface area contributed by atoms with Crippen LogP contribution in [-0.2, 0) is 4.79 Å². The summed E-state index contributed by atoms with van der Waals surface area (Å²) in [5, 5.41) is 18.6. The van der Waals surface area contributed by atoms with E-state index in [0.717, 1.165) is 35.9 Å². The van der Waals surface area contributed by atoms with Gasteiger partial charge in [-0.15, -0.1) is 0 Å². The summed E-state index contributed by atoms with van der Waals surface area (Å²) in [6.45, 7) is 7.14. The smallest absolute Gasteiger partial charge is 0.364 e. The van der Waals surface area contributed by atoms with Gasteiger partial charge >= 0.3 is 5.30 Å². The lowest BCUT2D eigenvalue weighted by molar-refractivity contribution is -0.139. The first-order valence-electron chi connectivity index (χ1n) is 10.8. The maximum absolute atomic E-state index is 12.7. The van der Waals surface area contributed by atoms with Crippen molar-refractivity contribution >= 4 is 34.7 Å². The molecule has 1 aromatic rings. The van der Waals surface area contributed by atoms with Gasteiger partial charge in [-0.3, -0.25) is 4.79 Å².